The Labute approximate surface area is 109 Å². The second-order valence-electron chi connectivity index (χ2n) is 5.78. The fourth-order valence-corrected chi connectivity index (χ4v) is 2.32. The molecule has 1 rings (SSSR count). The molecule has 4 nitrogen and oxygen atoms in total. The zero-order chi connectivity index (χ0) is 13.8. The van der Waals surface area contributed by atoms with E-state index in [4.69, 9.17) is 9.47 Å². The largest absolute Gasteiger partial charge is 0.466 e. The SMILES string of the molecule is CCOC(=O)[C@@H]1CCCC[C@H]1C(=O)OC(C)(C)C. The molecule has 0 aromatic rings. The Hall–Kier alpha value is -1.06. The van der Waals surface area contributed by atoms with Gasteiger partial charge in [0.2, 0.25) is 0 Å². The fraction of sp³-hybridized carbons (Fsp3) is 0.857. The van der Waals surface area contributed by atoms with E-state index in [1.165, 1.54) is 0 Å². The zero-order valence-electron chi connectivity index (χ0n) is 11.8. The Bertz CT molecular complexity index is 303. The molecule has 0 unspecified atom stereocenters. The highest BCUT2D eigenvalue weighted by molar-refractivity contribution is 5.82. The Morgan fingerprint density at radius 1 is 1.06 bits per heavy atom. The second kappa shape index (κ2) is 6.21. The molecule has 0 radical (unpaired) electrons. The predicted octanol–water partition coefficient (Wildman–Crippen LogP) is 2.70. The van der Waals surface area contributed by atoms with E-state index < -0.39 is 5.60 Å². The smallest absolute Gasteiger partial charge is 0.310 e. The van der Waals surface area contributed by atoms with Crippen LogP contribution in [0.4, 0.5) is 0 Å². The summed E-state index contributed by atoms with van der Waals surface area (Å²) in [4.78, 5) is 24.0. The quantitative estimate of drug-likeness (QED) is 0.728. The summed E-state index contributed by atoms with van der Waals surface area (Å²) < 4.78 is 10.4. The van der Waals surface area contributed by atoms with Crippen LogP contribution in [0.5, 0.6) is 0 Å². The van der Waals surface area contributed by atoms with E-state index in [2.05, 4.69) is 0 Å². The van der Waals surface area contributed by atoms with Crippen molar-refractivity contribution in [2.75, 3.05) is 6.61 Å². The highest BCUT2D eigenvalue weighted by Gasteiger charge is 2.38. The summed E-state index contributed by atoms with van der Waals surface area (Å²) in [6.07, 6.45) is 3.39. The lowest BCUT2D eigenvalue weighted by atomic mass is 9.79. The minimum Gasteiger partial charge on any atom is -0.466 e. The lowest BCUT2D eigenvalue weighted by Gasteiger charge is -2.30. The van der Waals surface area contributed by atoms with E-state index in [0.29, 0.717) is 6.61 Å². The first-order valence-corrected chi connectivity index (χ1v) is 6.74. The predicted molar refractivity (Wildman–Crippen MR) is 67.9 cm³/mol. The van der Waals surface area contributed by atoms with Crippen molar-refractivity contribution in [2.24, 2.45) is 11.8 Å². The van der Waals surface area contributed by atoms with Gasteiger partial charge in [-0.25, -0.2) is 0 Å². The molecular formula is C14H24O4. The first-order chi connectivity index (χ1) is 8.35. The van der Waals surface area contributed by atoms with E-state index >= 15 is 0 Å². The van der Waals surface area contributed by atoms with Crippen LogP contribution in [0.1, 0.15) is 53.4 Å². The molecule has 2 atom stereocenters. The Kier molecular flexibility index (Phi) is 5.17. The van der Waals surface area contributed by atoms with Gasteiger partial charge in [-0.05, 0) is 40.5 Å². The van der Waals surface area contributed by atoms with Crippen LogP contribution in [0.3, 0.4) is 0 Å². The molecule has 0 aromatic heterocycles. The minimum atomic E-state index is -0.506. The average molecular weight is 256 g/mol. The van der Waals surface area contributed by atoms with Crippen molar-refractivity contribution in [3.8, 4) is 0 Å². The molecule has 0 aromatic carbocycles. The van der Waals surface area contributed by atoms with Crippen LogP contribution in [-0.4, -0.2) is 24.1 Å². The van der Waals surface area contributed by atoms with Gasteiger partial charge in [-0.1, -0.05) is 12.8 Å². The fourth-order valence-electron chi connectivity index (χ4n) is 2.32. The van der Waals surface area contributed by atoms with E-state index in [9.17, 15) is 9.59 Å². The van der Waals surface area contributed by atoms with Gasteiger partial charge in [-0.3, -0.25) is 9.59 Å². The monoisotopic (exact) mass is 256 g/mol. The zero-order valence-corrected chi connectivity index (χ0v) is 11.8. The normalized spacial score (nSPS) is 24.4. The molecule has 1 fully saturated rings. The Morgan fingerprint density at radius 3 is 2.00 bits per heavy atom. The number of carbonyl (C=O) groups excluding carboxylic acids is 2. The summed E-state index contributed by atoms with van der Waals surface area (Å²) in [5.74, 6) is -1.18. The Morgan fingerprint density at radius 2 is 1.56 bits per heavy atom. The van der Waals surface area contributed by atoms with Crippen LogP contribution in [-0.2, 0) is 19.1 Å². The second-order valence-corrected chi connectivity index (χ2v) is 5.78. The summed E-state index contributed by atoms with van der Waals surface area (Å²) in [6, 6.07) is 0. The van der Waals surface area contributed by atoms with Crippen LogP contribution >= 0.6 is 0 Å². The molecule has 0 amide bonds. The summed E-state index contributed by atoms with van der Waals surface area (Å²) >= 11 is 0. The van der Waals surface area contributed by atoms with Crippen LogP contribution < -0.4 is 0 Å². The van der Waals surface area contributed by atoms with Gasteiger partial charge >= 0.3 is 11.9 Å². The number of carbonyl (C=O) groups is 2. The molecule has 0 saturated heterocycles. The van der Waals surface area contributed by atoms with Crippen LogP contribution in [0.2, 0.25) is 0 Å². The summed E-state index contributed by atoms with van der Waals surface area (Å²) in [5.41, 5.74) is -0.506. The third-order valence-electron chi connectivity index (χ3n) is 3.06. The van der Waals surface area contributed by atoms with Crippen molar-refractivity contribution in [3.05, 3.63) is 0 Å². The maximum atomic E-state index is 12.1. The lowest BCUT2D eigenvalue weighted by Crippen LogP contribution is -2.38. The standard InChI is InChI=1S/C14H24O4/c1-5-17-12(15)10-8-6-7-9-11(10)13(16)18-14(2,3)4/h10-11H,5-9H2,1-4H3/t10-,11-/m1/s1. The molecule has 104 valence electrons. The number of esters is 2. The first-order valence-electron chi connectivity index (χ1n) is 6.74. The number of ether oxygens (including phenoxy) is 2. The molecule has 1 aliphatic rings. The third kappa shape index (κ3) is 4.31. The maximum absolute atomic E-state index is 12.1. The van der Waals surface area contributed by atoms with Crippen molar-refractivity contribution in [1.29, 1.82) is 0 Å². The van der Waals surface area contributed by atoms with Crippen LogP contribution in [0.15, 0.2) is 0 Å². The average Bonchev–Trinajstić information content (AvgIpc) is 2.27. The summed E-state index contributed by atoms with van der Waals surface area (Å²) in [6.45, 7) is 7.66. The summed E-state index contributed by atoms with van der Waals surface area (Å²) in [5, 5.41) is 0. The number of hydrogen-bond acceptors (Lipinski definition) is 4. The van der Waals surface area contributed by atoms with E-state index in [0.717, 1.165) is 25.7 Å². The third-order valence-corrected chi connectivity index (χ3v) is 3.06. The van der Waals surface area contributed by atoms with Crippen molar-refractivity contribution >= 4 is 11.9 Å². The molecule has 1 saturated carbocycles. The number of hydrogen-bond donors (Lipinski definition) is 0. The van der Waals surface area contributed by atoms with Gasteiger partial charge in [0.05, 0.1) is 18.4 Å². The van der Waals surface area contributed by atoms with Crippen molar-refractivity contribution in [2.45, 2.75) is 59.0 Å². The van der Waals surface area contributed by atoms with Crippen molar-refractivity contribution in [3.63, 3.8) is 0 Å². The van der Waals surface area contributed by atoms with E-state index in [1.54, 1.807) is 6.92 Å². The highest BCUT2D eigenvalue weighted by atomic mass is 16.6. The van der Waals surface area contributed by atoms with Gasteiger partial charge in [0.25, 0.3) is 0 Å². The highest BCUT2D eigenvalue weighted by Crippen LogP contribution is 2.33. The molecule has 0 N–H and O–H groups in total. The molecule has 0 heterocycles. The minimum absolute atomic E-state index is 0.256. The molecule has 0 bridgehead atoms. The van der Waals surface area contributed by atoms with Gasteiger partial charge < -0.3 is 9.47 Å². The number of rotatable bonds is 3. The molecule has 4 heteroatoms. The lowest BCUT2D eigenvalue weighted by molar-refractivity contribution is -0.170. The van der Waals surface area contributed by atoms with Gasteiger partial charge in [0.1, 0.15) is 5.60 Å². The maximum Gasteiger partial charge on any atom is 0.310 e. The van der Waals surface area contributed by atoms with Crippen molar-refractivity contribution in [1.82, 2.24) is 0 Å². The van der Waals surface area contributed by atoms with Crippen molar-refractivity contribution < 1.29 is 19.1 Å². The summed E-state index contributed by atoms with van der Waals surface area (Å²) in [7, 11) is 0. The molecule has 1 aliphatic carbocycles. The van der Waals surface area contributed by atoms with Gasteiger partial charge in [-0.2, -0.15) is 0 Å². The topological polar surface area (TPSA) is 52.6 Å². The molecule has 0 aliphatic heterocycles. The van der Waals surface area contributed by atoms with Crippen LogP contribution in [0, 0.1) is 11.8 Å². The molecule has 18 heavy (non-hydrogen) atoms. The van der Waals surface area contributed by atoms with Gasteiger partial charge in [-0.15, -0.1) is 0 Å². The van der Waals surface area contributed by atoms with Gasteiger partial charge in [0.15, 0.2) is 0 Å². The van der Waals surface area contributed by atoms with E-state index in [1.807, 2.05) is 20.8 Å². The first kappa shape index (κ1) is 15.0. The Balaban J connectivity index is 2.70. The van der Waals surface area contributed by atoms with Gasteiger partial charge in [0, 0.05) is 0 Å². The van der Waals surface area contributed by atoms with Crippen LogP contribution in [0.25, 0.3) is 0 Å². The molecular weight excluding hydrogens is 232 g/mol. The molecule has 0 spiro atoms. The van der Waals surface area contributed by atoms with E-state index in [-0.39, 0.29) is 23.8 Å².